The smallest absolute Gasteiger partial charge is 0.276 e. The minimum absolute atomic E-state index is 0.186. The fourth-order valence-electron chi connectivity index (χ4n) is 7.78. The summed E-state index contributed by atoms with van der Waals surface area (Å²) in [6.07, 6.45) is 8.81. The maximum absolute atomic E-state index is 13.9. The Morgan fingerprint density at radius 1 is 0.828 bits per heavy atom. The van der Waals surface area contributed by atoms with Gasteiger partial charge in [0.1, 0.15) is 28.6 Å². The summed E-state index contributed by atoms with van der Waals surface area (Å²) < 4.78 is 11.3. The van der Waals surface area contributed by atoms with Crippen molar-refractivity contribution in [1.82, 2.24) is 34.4 Å². The molecule has 0 spiro atoms. The zero-order valence-corrected chi connectivity index (χ0v) is 32.4. The lowest BCUT2D eigenvalue weighted by atomic mass is 9.94. The first kappa shape index (κ1) is 36.8. The van der Waals surface area contributed by atoms with Gasteiger partial charge in [-0.15, -0.1) is 0 Å². The summed E-state index contributed by atoms with van der Waals surface area (Å²) in [7, 11) is 0. The number of aryl methyl sites for hydroxylation is 3. The molecule has 58 heavy (non-hydrogen) atoms. The molecule has 296 valence electrons. The number of nitrogens with two attached hydrogens (primary N) is 2. The van der Waals surface area contributed by atoms with Crippen molar-refractivity contribution in [3.05, 3.63) is 99.8 Å². The number of carbonyl (C=O) groups excluding carboxylic acids is 4. The first-order chi connectivity index (χ1) is 27.9. The highest BCUT2D eigenvalue weighted by Gasteiger charge is 2.31. The van der Waals surface area contributed by atoms with E-state index < -0.39 is 11.8 Å². The third-order valence-electron chi connectivity index (χ3n) is 11.0. The molecule has 4 amide bonds. The quantitative estimate of drug-likeness (QED) is 0.108. The summed E-state index contributed by atoms with van der Waals surface area (Å²) in [5.74, 6) is 0.0426. The highest BCUT2D eigenvalue weighted by atomic mass is 16.3. The topological polar surface area (TPSA) is 223 Å². The molecule has 1 unspecified atom stereocenters. The van der Waals surface area contributed by atoms with Crippen LogP contribution in [-0.2, 0) is 19.6 Å². The van der Waals surface area contributed by atoms with Crippen molar-refractivity contribution in [2.45, 2.75) is 78.4 Å². The van der Waals surface area contributed by atoms with Crippen LogP contribution in [0.1, 0.15) is 102 Å². The lowest BCUT2D eigenvalue weighted by Gasteiger charge is -2.15. The summed E-state index contributed by atoms with van der Waals surface area (Å²) in [6, 6.07) is 12.1. The standard InChI is InChI=1S/C42H43N11O5/c1-21-14-33(52(49-21)19-24-7-8-24)40(56)47-39-28(27-12-11-26(37(43)54)17-31(27)45-39)6-4-5-13-51-35-29-16-23(3)58-36(29)30(38(44)55)18-32(35)46-42(51)48-41(57)34-15-22(2)50-53(34)20-25-9-10-25/h4-5,11-12,14-18,24-25,28H,6-10,13,19-20H2,1-3H3,(H2,43,54)(H2,44,55)(H,45,47,56)(H,46,48,57)/b5-4+. The van der Waals surface area contributed by atoms with Crippen LogP contribution in [0.3, 0.4) is 0 Å². The molecule has 0 bridgehead atoms. The van der Waals surface area contributed by atoms with E-state index in [2.05, 4.69) is 20.8 Å². The number of nitrogens with one attached hydrogen (secondary N) is 2. The average molecular weight is 782 g/mol. The number of imidazole rings is 1. The number of benzene rings is 2. The van der Waals surface area contributed by atoms with Gasteiger partial charge in [-0.3, -0.25) is 33.9 Å². The van der Waals surface area contributed by atoms with Crippen molar-refractivity contribution in [2.75, 3.05) is 5.32 Å². The monoisotopic (exact) mass is 781 g/mol. The Labute approximate surface area is 332 Å². The summed E-state index contributed by atoms with van der Waals surface area (Å²) in [5.41, 5.74) is 17.1. The van der Waals surface area contributed by atoms with E-state index >= 15 is 0 Å². The van der Waals surface area contributed by atoms with Crippen LogP contribution in [-0.4, -0.2) is 58.6 Å². The van der Waals surface area contributed by atoms with Gasteiger partial charge in [-0.25, -0.2) is 9.98 Å². The molecule has 1 aliphatic heterocycles. The largest absolute Gasteiger partial charge is 0.460 e. The first-order valence-electron chi connectivity index (χ1n) is 19.5. The lowest BCUT2D eigenvalue weighted by molar-refractivity contribution is 0.0961. The van der Waals surface area contributed by atoms with E-state index in [1.54, 1.807) is 46.6 Å². The molecule has 6 aromatic rings. The molecule has 9 rings (SSSR count). The number of nitrogens with zero attached hydrogens (tertiary/aromatic N) is 7. The van der Waals surface area contributed by atoms with E-state index in [9.17, 15) is 19.2 Å². The SMILES string of the molecule is Cc1cc(C(=O)NC2=Nc3cc(C(N)=O)ccc3C2C/C=C/Cn2c(NC(=O)c3cc(C)nn3CC3CC3)nc3cc(C(N)=O)c4oc(C)cc4c32)n(CC2CC2)n1. The number of hydrogen-bond acceptors (Lipinski definition) is 9. The Kier molecular flexibility index (Phi) is 9.05. The Bertz CT molecular complexity index is 2750. The minimum Gasteiger partial charge on any atom is -0.460 e. The fraction of sp³-hybridized carbons (Fsp3) is 0.333. The van der Waals surface area contributed by atoms with Crippen LogP contribution in [0.15, 0.2) is 64.0 Å². The Hall–Kier alpha value is -6.84. The van der Waals surface area contributed by atoms with Crippen LogP contribution in [0.4, 0.5) is 11.6 Å². The molecule has 2 aromatic carbocycles. The van der Waals surface area contributed by atoms with E-state index in [1.165, 1.54) is 0 Å². The number of anilines is 1. The summed E-state index contributed by atoms with van der Waals surface area (Å²) in [6.45, 7) is 7.12. The molecule has 2 saturated carbocycles. The molecular weight excluding hydrogens is 739 g/mol. The van der Waals surface area contributed by atoms with E-state index in [1.807, 2.05) is 42.7 Å². The summed E-state index contributed by atoms with van der Waals surface area (Å²) in [4.78, 5) is 61.9. The van der Waals surface area contributed by atoms with Crippen molar-refractivity contribution in [3.63, 3.8) is 0 Å². The summed E-state index contributed by atoms with van der Waals surface area (Å²) >= 11 is 0. The number of hydrogen-bond donors (Lipinski definition) is 4. The van der Waals surface area contributed by atoms with E-state index in [4.69, 9.17) is 25.9 Å². The molecule has 4 aromatic heterocycles. The van der Waals surface area contributed by atoms with Gasteiger partial charge < -0.3 is 25.8 Å². The third kappa shape index (κ3) is 7.05. The Morgan fingerprint density at radius 2 is 1.48 bits per heavy atom. The predicted octanol–water partition coefficient (Wildman–Crippen LogP) is 5.57. The normalized spacial score (nSPS) is 16.3. The van der Waals surface area contributed by atoms with Crippen LogP contribution in [0.25, 0.3) is 22.0 Å². The second-order valence-electron chi connectivity index (χ2n) is 15.7. The second-order valence-corrected chi connectivity index (χ2v) is 15.7. The van der Waals surface area contributed by atoms with Gasteiger partial charge in [-0.05, 0) is 107 Å². The van der Waals surface area contributed by atoms with Crippen molar-refractivity contribution >= 4 is 63.1 Å². The van der Waals surface area contributed by atoms with Gasteiger partial charge in [0.2, 0.25) is 11.9 Å². The average Bonchev–Trinajstić information content (AvgIpc) is 3.96. The molecule has 16 nitrogen and oxygen atoms in total. The maximum atomic E-state index is 13.9. The number of furan rings is 1. The van der Waals surface area contributed by atoms with Crippen LogP contribution < -0.4 is 22.1 Å². The second kappa shape index (κ2) is 14.3. The first-order valence-corrected chi connectivity index (χ1v) is 19.5. The molecule has 6 N–H and O–H groups in total. The molecule has 2 aliphatic carbocycles. The molecule has 16 heteroatoms. The summed E-state index contributed by atoms with van der Waals surface area (Å²) in [5, 5.41) is 15.8. The minimum atomic E-state index is -0.660. The van der Waals surface area contributed by atoms with Gasteiger partial charge in [0.25, 0.3) is 17.7 Å². The number of aromatic nitrogens is 6. The number of allylic oxidation sites excluding steroid dienone is 2. The zero-order chi connectivity index (χ0) is 40.4. The maximum Gasteiger partial charge on any atom is 0.276 e. The van der Waals surface area contributed by atoms with Crippen molar-refractivity contribution in [1.29, 1.82) is 0 Å². The van der Waals surface area contributed by atoms with Crippen molar-refractivity contribution in [3.8, 4) is 0 Å². The van der Waals surface area contributed by atoms with Crippen molar-refractivity contribution in [2.24, 2.45) is 28.3 Å². The molecule has 2 fully saturated rings. The zero-order valence-electron chi connectivity index (χ0n) is 32.4. The van der Waals surface area contributed by atoms with E-state index in [0.717, 1.165) is 42.6 Å². The predicted molar refractivity (Wildman–Crippen MR) is 216 cm³/mol. The number of amidine groups is 1. The molecule has 3 aliphatic rings. The van der Waals surface area contributed by atoms with Crippen molar-refractivity contribution < 1.29 is 23.6 Å². The number of fused-ring (bicyclic) bond motifs is 4. The molecule has 1 atom stereocenters. The number of rotatable bonds is 13. The number of aliphatic imine (C=N–C) groups is 1. The van der Waals surface area contributed by atoms with Gasteiger partial charge in [0, 0.05) is 36.5 Å². The number of amides is 4. The Morgan fingerprint density at radius 3 is 2.10 bits per heavy atom. The molecule has 5 heterocycles. The highest BCUT2D eigenvalue weighted by molar-refractivity contribution is 6.15. The molecule has 0 saturated heterocycles. The van der Waals surface area contributed by atoms with Gasteiger partial charge in [-0.2, -0.15) is 10.2 Å². The van der Waals surface area contributed by atoms with Crippen LogP contribution in [0.2, 0.25) is 0 Å². The highest BCUT2D eigenvalue weighted by Crippen LogP contribution is 2.39. The van der Waals surface area contributed by atoms with E-state index in [0.29, 0.717) is 87.6 Å². The number of carbonyl (C=O) groups is 4. The van der Waals surface area contributed by atoms with Crippen LogP contribution >= 0.6 is 0 Å². The third-order valence-corrected chi connectivity index (χ3v) is 11.0. The molecular formula is C42H43N11O5. The fourth-order valence-corrected chi connectivity index (χ4v) is 7.78. The van der Waals surface area contributed by atoms with Crippen LogP contribution in [0.5, 0.6) is 0 Å². The van der Waals surface area contributed by atoms with Gasteiger partial charge >= 0.3 is 0 Å². The van der Waals surface area contributed by atoms with E-state index in [-0.39, 0.29) is 35.8 Å². The van der Waals surface area contributed by atoms with Crippen LogP contribution in [0, 0.1) is 32.6 Å². The van der Waals surface area contributed by atoms with Gasteiger partial charge in [0.05, 0.1) is 33.7 Å². The molecule has 0 radical (unpaired) electrons. The van der Waals surface area contributed by atoms with Gasteiger partial charge in [-0.1, -0.05) is 18.2 Å². The Balaban J connectivity index is 1.03. The lowest BCUT2D eigenvalue weighted by Crippen LogP contribution is -2.34. The number of primary amides is 2. The van der Waals surface area contributed by atoms with Gasteiger partial charge in [0.15, 0.2) is 0 Å².